The van der Waals surface area contributed by atoms with Gasteiger partial charge in [-0.05, 0) is 23.1 Å². The highest BCUT2D eigenvalue weighted by Gasteiger charge is 2.22. The maximum atomic E-state index is 5.40. The molecule has 0 radical (unpaired) electrons. The highest BCUT2D eigenvalue weighted by molar-refractivity contribution is 5.34. The fourth-order valence-corrected chi connectivity index (χ4v) is 2.84. The van der Waals surface area contributed by atoms with Crippen molar-refractivity contribution >= 4 is 0 Å². The maximum Gasteiger partial charge on any atom is 0.0710 e. The van der Waals surface area contributed by atoms with E-state index in [4.69, 9.17) is 4.74 Å². The number of nitrogens with one attached hydrogen (secondary N) is 1. The lowest BCUT2D eigenvalue weighted by Gasteiger charge is -2.16. The Labute approximate surface area is 103 Å². The monoisotopic (exact) mass is 232 g/mol. The minimum atomic E-state index is 0.436. The van der Waals surface area contributed by atoms with Gasteiger partial charge in [0, 0.05) is 39.8 Å². The van der Waals surface area contributed by atoms with E-state index in [9.17, 15) is 0 Å². The summed E-state index contributed by atoms with van der Waals surface area (Å²) in [4.78, 5) is 2.48. The Bertz CT molecular complexity index is 405. The van der Waals surface area contributed by atoms with Crippen LogP contribution in [0.1, 0.15) is 23.1 Å². The Morgan fingerprint density at radius 3 is 3.06 bits per heavy atom. The molecule has 2 aliphatic rings. The van der Waals surface area contributed by atoms with Gasteiger partial charge in [-0.3, -0.25) is 4.90 Å². The maximum absolute atomic E-state index is 5.40. The SMILES string of the molecule is COC1CCN(Cc2ccc3c(c2)CNC3)C1. The van der Waals surface area contributed by atoms with Crippen LogP contribution in [0.4, 0.5) is 0 Å². The Balaban J connectivity index is 1.65. The quantitative estimate of drug-likeness (QED) is 0.855. The van der Waals surface area contributed by atoms with Crippen LogP contribution in [0.15, 0.2) is 18.2 Å². The van der Waals surface area contributed by atoms with Crippen molar-refractivity contribution in [3.63, 3.8) is 0 Å². The molecule has 0 spiro atoms. The first-order valence-electron chi connectivity index (χ1n) is 6.41. The summed E-state index contributed by atoms with van der Waals surface area (Å²) in [6.07, 6.45) is 1.61. The molecule has 2 heterocycles. The molecule has 0 aliphatic carbocycles. The molecule has 1 unspecified atom stereocenters. The van der Waals surface area contributed by atoms with Crippen LogP contribution in [0, 0.1) is 0 Å². The molecule has 3 nitrogen and oxygen atoms in total. The molecule has 0 aromatic heterocycles. The van der Waals surface area contributed by atoms with E-state index in [1.165, 1.54) is 23.1 Å². The molecule has 0 saturated carbocycles. The highest BCUT2D eigenvalue weighted by Crippen LogP contribution is 2.20. The van der Waals surface area contributed by atoms with Crippen molar-refractivity contribution in [1.29, 1.82) is 0 Å². The second-order valence-electron chi connectivity index (χ2n) is 5.09. The van der Waals surface area contributed by atoms with Crippen LogP contribution in [-0.2, 0) is 24.4 Å². The van der Waals surface area contributed by atoms with E-state index in [1.807, 2.05) is 7.11 Å². The predicted octanol–water partition coefficient (Wildman–Crippen LogP) is 1.51. The van der Waals surface area contributed by atoms with E-state index in [2.05, 4.69) is 28.4 Å². The van der Waals surface area contributed by atoms with Gasteiger partial charge in [-0.15, -0.1) is 0 Å². The van der Waals surface area contributed by atoms with Crippen molar-refractivity contribution in [1.82, 2.24) is 10.2 Å². The standard InChI is InChI=1S/C14H20N2O/c1-17-14-4-5-16(10-14)9-11-2-3-12-7-15-8-13(12)6-11/h2-3,6,14-15H,4-5,7-10H2,1H3. The number of hydrogen-bond acceptors (Lipinski definition) is 3. The van der Waals surface area contributed by atoms with Crippen LogP contribution in [0.2, 0.25) is 0 Å². The molecule has 1 aromatic rings. The van der Waals surface area contributed by atoms with Gasteiger partial charge in [-0.2, -0.15) is 0 Å². The molecule has 3 heteroatoms. The first-order valence-corrected chi connectivity index (χ1v) is 6.41. The highest BCUT2D eigenvalue weighted by atomic mass is 16.5. The number of ether oxygens (including phenoxy) is 1. The third kappa shape index (κ3) is 2.37. The average Bonchev–Trinajstić information content (AvgIpc) is 2.96. The number of methoxy groups -OCH3 is 1. The van der Waals surface area contributed by atoms with Crippen molar-refractivity contribution < 1.29 is 4.74 Å². The molecule has 92 valence electrons. The summed E-state index contributed by atoms with van der Waals surface area (Å²) < 4.78 is 5.40. The van der Waals surface area contributed by atoms with Gasteiger partial charge in [0.15, 0.2) is 0 Å². The molecule has 1 aromatic carbocycles. The average molecular weight is 232 g/mol. The molecule has 2 aliphatic heterocycles. The molecule has 1 fully saturated rings. The minimum absolute atomic E-state index is 0.436. The molecule has 0 amide bonds. The van der Waals surface area contributed by atoms with Gasteiger partial charge < -0.3 is 10.1 Å². The molecular weight excluding hydrogens is 212 g/mol. The van der Waals surface area contributed by atoms with Crippen LogP contribution in [-0.4, -0.2) is 31.2 Å². The number of fused-ring (bicyclic) bond motifs is 1. The van der Waals surface area contributed by atoms with Crippen LogP contribution in [0.3, 0.4) is 0 Å². The second kappa shape index (κ2) is 4.77. The van der Waals surface area contributed by atoms with Crippen molar-refractivity contribution in [3.05, 3.63) is 34.9 Å². The number of likely N-dealkylation sites (tertiary alicyclic amines) is 1. The summed E-state index contributed by atoms with van der Waals surface area (Å²) in [6, 6.07) is 6.90. The number of rotatable bonds is 3. The van der Waals surface area contributed by atoms with Gasteiger partial charge >= 0.3 is 0 Å². The van der Waals surface area contributed by atoms with Gasteiger partial charge in [0.25, 0.3) is 0 Å². The summed E-state index contributed by atoms with van der Waals surface area (Å²) >= 11 is 0. The minimum Gasteiger partial charge on any atom is -0.380 e. The molecule has 0 bridgehead atoms. The van der Waals surface area contributed by atoms with Crippen LogP contribution in [0.25, 0.3) is 0 Å². The first-order chi connectivity index (χ1) is 8.35. The topological polar surface area (TPSA) is 24.5 Å². The summed E-state index contributed by atoms with van der Waals surface area (Å²) in [5.41, 5.74) is 4.37. The summed E-state index contributed by atoms with van der Waals surface area (Å²) in [5.74, 6) is 0. The van der Waals surface area contributed by atoms with Gasteiger partial charge in [-0.1, -0.05) is 18.2 Å². The van der Waals surface area contributed by atoms with Gasteiger partial charge in [0.1, 0.15) is 0 Å². The van der Waals surface area contributed by atoms with Crippen molar-refractivity contribution in [3.8, 4) is 0 Å². The zero-order valence-corrected chi connectivity index (χ0v) is 10.4. The lowest BCUT2D eigenvalue weighted by molar-refractivity contribution is 0.107. The molecular formula is C14H20N2O. The molecule has 3 rings (SSSR count). The normalized spacial score (nSPS) is 24.2. The Kier molecular flexibility index (Phi) is 3.14. The van der Waals surface area contributed by atoms with E-state index in [0.29, 0.717) is 6.10 Å². The molecule has 1 atom stereocenters. The molecule has 17 heavy (non-hydrogen) atoms. The van der Waals surface area contributed by atoms with Crippen LogP contribution >= 0.6 is 0 Å². The van der Waals surface area contributed by atoms with E-state index in [-0.39, 0.29) is 0 Å². The van der Waals surface area contributed by atoms with Crippen molar-refractivity contribution in [2.24, 2.45) is 0 Å². The van der Waals surface area contributed by atoms with Crippen LogP contribution < -0.4 is 5.32 Å². The number of hydrogen-bond donors (Lipinski definition) is 1. The van der Waals surface area contributed by atoms with Gasteiger partial charge in [-0.25, -0.2) is 0 Å². The third-order valence-corrected chi connectivity index (χ3v) is 3.87. The van der Waals surface area contributed by atoms with E-state index in [1.54, 1.807) is 0 Å². The van der Waals surface area contributed by atoms with E-state index in [0.717, 1.165) is 32.7 Å². The fourth-order valence-electron chi connectivity index (χ4n) is 2.84. The van der Waals surface area contributed by atoms with Gasteiger partial charge in [0.05, 0.1) is 6.10 Å². The lowest BCUT2D eigenvalue weighted by Crippen LogP contribution is -2.22. The number of nitrogens with zero attached hydrogens (tertiary/aromatic N) is 1. The molecule has 1 saturated heterocycles. The Morgan fingerprint density at radius 1 is 1.35 bits per heavy atom. The number of benzene rings is 1. The summed E-state index contributed by atoms with van der Waals surface area (Å²) in [7, 11) is 1.81. The molecule has 1 N–H and O–H groups in total. The third-order valence-electron chi connectivity index (χ3n) is 3.87. The zero-order chi connectivity index (χ0) is 11.7. The smallest absolute Gasteiger partial charge is 0.0710 e. The summed E-state index contributed by atoms with van der Waals surface area (Å²) in [6.45, 7) is 5.36. The van der Waals surface area contributed by atoms with Gasteiger partial charge in [0.2, 0.25) is 0 Å². The van der Waals surface area contributed by atoms with Crippen molar-refractivity contribution in [2.45, 2.75) is 32.2 Å². The summed E-state index contributed by atoms with van der Waals surface area (Å²) in [5, 5.41) is 3.39. The Hall–Kier alpha value is -0.900. The second-order valence-corrected chi connectivity index (χ2v) is 5.09. The lowest BCUT2D eigenvalue weighted by atomic mass is 10.1. The Morgan fingerprint density at radius 2 is 2.24 bits per heavy atom. The first kappa shape index (κ1) is 11.2. The fraction of sp³-hybridized carbons (Fsp3) is 0.571. The van der Waals surface area contributed by atoms with E-state index >= 15 is 0 Å². The zero-order valence-electron chi connectivity index (χ0n) is 10.4. The van der Waals surface area contributed by atoms with Crippen LogP contribution in [0.5, 0.6) is 0 Å². The predicted molar refractivity (Wildman–Crippen MR) is 67.7 cm³/mol. The van der Waals surface area contributed by atoms with E-state index < -0.39 is 0 Å². The largest absolute Gasteiger partial charge is 0.380 e. The van der Waals surface area contributed by atoms with Crippen molar-refractivity contribution in [2.75, 3.05) is 20.2 Å².